The molecule has 0 radical (unpaired) electrons. The number of aromatic nitrogens is 2. The molecule has 0 amide bonds. The van der Waals surface area contributed by atoms with Crippen molar-refractivity contribution < 1.29 is 19.1 Å². The van der Waals surface area contributed by atoms with Gasteiger partial charge in [-0.3, -0.25) is 19.1 Å². The number of nitrogens with one attached hydrogen (secondary N) is 1. The highest BCUT2D eigenvalue weighted by atomic mass is 28.4. The standard InChI is InChI=1S/C18H30N2O6Si/c1-11-10-20(17(24)19-16(11)23)14-9-13(12(25-14)7-8-15(21)22)26-27(5,6)18(2,3)4/h10,12-14H,7-9H2,1-6H3,(H,21,22)(H,19,23,24)/t12-,13?,14-/m1/s1. The van der Waals surface area contributed by atoms with Crippen molar-refractivity contribution in [2.24, 2.45) is 0 Å². The highest BCUT2D eigenvalue weighted by Crippen LogP contribution is 2.41. The van der Waals surface area contributed by atoms with E-state index in [9.17, 15) is 14.4 Å². The third-order valence-corrected chi connectivity index (χ3v) is 10.0. The molecule has 1 saturated heterocycles. The number of rotatable bonds is 6. The zero-order valence-electron chi connectivity index (χ0n) is 16.9. The van der Waals surface area contributed by atoms with Crippen molar-refractivity contribution in [2.75, 3.05) is 0 Å². The average molecular weight is 399 g/mol. The summed E-state index contributed by atoms with van der Waals surface area (Å²) in [5.74, 6) is -0.898. The fourth-order valence-corrected chi connectivity index (χ4v) is 4.23. The summed E-state index contributed by atoms with van der Waals surface area (Å²) < 4.78 is 13.9. The van der Waals surface area contributed by atoms with Crippen LogP contribution in [0.25, 0.3) is 0 Å². The van der Waals surface area contributed by atoms with Crippen molar-refractivity contribution in [2.45, 2.75) is 83.5 Å². The van der Waals surface area contributed by atoms with E-state index in [0.717, 1.165) is 0 Å². The maximum Gasteiger partial charge on any atom is 0.330 e. The van der Waals surface area contributed by atoms with E-state index in [1.165, 1.54) is 10.8 Å². The summed E-state index contributed by atoms with van der Waals surface area (Å²) in [6, 6.07) is 0. The molecule has 0 spiro atoms. The number of carboxylic acid groups (broad SMARTS) is 1. The Balaban J connectivity index is 2.29. The number of hydrogen-bond acceptors (Lipinski definition) is 5. The lowest BCUT2D eigenvalue weighted by molar-refractivity contribution is -0.138. The summed E-state index contributed by atoms with van der Waals surface area (Å²) in [7, 11) is -2.10. The molecule has 152 valence electrons. The zero-order valence-corrected chi connectivity index (χ0v) is 17.9. The van der Waals surface area contributed by atoms with Gasteiger partial charge in [0.1, 0.15) is 6.23 Å². The van der Waals surface area contributed by atoms with Crippen molar-refractivity contribution in [3.8, 4) is 0 Å². The van der Waals surface area contributed by atoms with Gasteiger partial charge in [-0.1, -0.05) is 20.8 Å². The fourth-order valence-electron chi connectivity index (χ4n) is 2.87. The Morgan fingerprint density at radius 1 is 1.41 bits per heavy atom. The summed E-state index contributed by atoms with van der Waals surface area (Å²) in [5, 5.41) is 9.03. The highest BCUT2D eigenvalue weighted by molar-refractivity contribution is 6.74. The monoisotopic (exact) mass is 398 g/mol. The van der Waals surface area contributed by atoms with Gasteiger partial charge in [-0.05, 0) is 31.5 Å². The number of nitrogens with zero attached hydrogens (tertiary/aromatic N) is 1. The fraction of sp³-hybridized carbons (Fsp3) is 0.722. The first kappa shape index (κ1) is 21.6. The minimum atomic E-state index is -2.10. The molecule has 0 saturated carbocycles. The van der Waals surface area contributed by atoms with Crippen molar-refractivity contribution >= 4 is 14.3 Å². The van der Waals surface area contributed by atoms with E-state index in [-0.39, 0.29) is 17.6 Å². The van der Waals surface area contributed by atoms with Crippen LogP contribution in [0.3, 0.4) is 0 Å². The van der Waals surface area contributed by atoms with Crippen LogP contribution in [0.15, 0.2) is 15.8 Å². The molecule has 0 aromatic carbocycles. The topological polar surface area (TPSA) is 111 Å². The molecule has 0 aliphatic carbocycles. The number of aliphatic carboxylic acids is 1. The SMILES string of the molecule is Cc1cn([C@H]2CC(O[Si](C)(C)C(C)(C)C)[C@@H](CCC(=O)O)O2)c(=O)[nH]c1=O. The van der Waals surface area contributed by atoms with Gasteiger partial charge in [0.15, 0.2) is 8.32 Å². The highest BCUT2D eigenvalue weighted by Gasteiger charge is 2.45. The van der Waals surface area contributed by atoms with Gasteiger partial charge in [0.05, 0.1) is 12.2 Å². The minimum absolute atomic E-state index is 0.00611. The minimum Gasteiger partial charge on any atom is -0.481 e. The van der Waals surface area contributed by atoms with Gasteiger partial charge in [0, 0.05) is 24.6 Å². The van der Waals surface area contributed by atoms with E-state index in [1.807, 2.05) is 0 Å². The molecule has 1 aromatic heterocycles. The van der Waals surface area contributed by atoms with Crippen LogP contribution in [0.2, 0.25) is 18.1 Å². The summed E-state index contributed by atoms with van der Waals surface area (Å²) in [6.45, 7) is 12.3. The normalized spacial score (nSPS) is 23.6. The number of aromatic amines is 1. The Bertz CT molecular complexity index is 807. The third kappa shape index (κ3) is 4.97. The summed E-state index contributed by atoms with van der Waals surface area (Å²) in [5.41, 5.74) is -0.555. The Morgan fingerprint density at radius 2 is 2.04 bits per heavy atom. The molecule has 9 heteroatoms. The van der Waals surface area contributed by atoms with E-state index in [0.29, 0.717) is 18.4 Å². The Morgan fingerprint density at radius 3 is 2.59 bits per heavy atom. The van der Waals surface area contributed by atoms with E-state index in [4.69, 9.17) is 14.3 Å². The number of carbonyl (C=O) groups is 1. The van der Waals surface area contributed by atoms with Crippen LogP contribution in [0.5, 0.6) is 0 Å². The number of H-pyrrole nitrogens is 1. The Labute approximate surface area is 159 Å². The lowest BCUT2D eigenvalue weighted by Crippen LogP contribution is -2.46. The summed E-state index contributed by atoms with van der Waals surface area (Å²) in [6.07, 6.45) is 0.878. The molecule has 1 aliphatic heterocycles. The van der Waals surface area contributed by atoms with Gasteiger partial charge in [0.2, 0.25) is 0 Å². The van der Waals surface area contributed by atoms with Crippen LogP contribution >= 0.6 is 0 Å². The van der Waals surface area contributed by atoms with Crippen LogP contribution < -0.4 is 11.2 Å². The maximum absolute atomic E-state index is 12.2. The smallest absolute Gasteiger partial charge is 0.330 e. The van der Waals surface area contributed by atoms with Crippen molar-refractivity contribution in [1.82, 2.24) is 9.55 Å². The van der Waals surface area contributed by atoms with Crippen molar-refractivity contribution in [3.05, 3.63) is 32.6 Å². The molecular weight excluding hydrogens is 368 g/mol. The molecule has 1 aliphatic rings. The Hall–Kier alpha value is -1.71. The van der Waals surface area contributed by atoms with Gasteiger partial charge in [-0.15, -0.1) is 0 Å². The zero-order chi connectivity index (χ0) is 20.6. The van der Waals surface area contributed by atoms with Gasteiger partial charge < -0.3 is 14.3 Å². The molecule has 1 unspecified atom stereocenters. The number of carboxylic acids is 1. The number of aryl methyl sites for hydroxylation is 1. The first-order chi connectivity index (χ1) is 12.3. The van der Waals surface area contributed by atoms with Gasteiger partial charge in [0.25, 0.3) is 5.56 Å². The van der Waals surface area contributed by atoms with Gasteiger partial charge in [-0.2, -0.15) is 0 Å². The van der Waals surface area contributed by atoms with Crippen LogP contribution in [0, 0.1) is 6.92 Å². The molecule has 3 atom stereocenters. The van der Waals surface area contributed by atoms with Crippen molar-refractivity contribution in [3.63, 3.8) is 0 Å². The molecule has 2 heterocycles. The van der Waals surface area contributed by atoms with Crippen LogP contribution in [0.4, 0.5) is 0 Å². The van der Waals surface area contributed by atoms with Gasteiger partial charge in [-0.25, -0.2) is 4.79 Å². The van der Waals surface area contributed by atoms with Crippen LogP contribution in [-0.2, 0) is 14.0 Å². The second-order valence-electron chi connectivity index (χ2n) is 8.69. The lowest BCUT2D eigenvalue weighted by atomic mass is 10.1. The second-order valence-corrected chi connectivity index (χ2v) is 13.4. The Kier molecular flexibility index (Phi) is 6.18. The molecule has 1 aromatic rings. The maximum atomic E-state index is 12.2. The van der Waals surface area contributed by atoms with Crippen LogP contribution in [-0.4, -0.2) is 41.2 Å². The second kappa shape index (κ2) is 7.73. The lowest BCUT2D eigenvalue weighted by Gasteiger charge is -2.39. The first-order valence-corrected chi connectivity index (χ1v) is 12.1. The van der Waals surface area contributed by atoms with E-state index in [2.05, 4.69) is 38.8 Å². The first-order valence-electron chi connectivity index (χ1n) is 9.19. The predicted molar refractivity (Wildman–Crippen MR) is 104 cm³/mol. The predicted octanol–water partition coefficient (Wildman–Crippen LogP) is 2.39. The number of hydrogen-bond donors (Lipinski definition) is 2. The molecule has 27 heavy (non-hydrogen) atoms. The molecule has 2 N–H and O–H groups in total. The van der Waals surface area contributed by atoms with E-state index < -0.39 is 37.9 Å². The van der Waals surface area contributed by atoms with Crippen LogP contribution in [0.1, 0.15) is 51.8 Å². The van der Waals surface area contributed by atoms with Crippen molar-refractivity contribution in [1.29, 1.82) is 0 Å². The summed E-state index contributed by atoms with van der Waals surface area (Å²) >= 11 is 0. The largest absolute Gasteiger partial charge is 0.481 e. The average Bonchev–Trinajstić information content (AvgIpc) is 2.89. The molecule has 2 rings (SSSR count). The quantitative estimate of drug-likeness (QED) is 0.712. The molecule has 8 nitrogen and oxygen atoms in total. The van der Waals surface area contributed by atoms with Gasteiger partial charge >= 0.3 is 11.7 Å². The molecule has 0 bridgehead atoms. The molecular formula is C18H30N2O6Si. The number of ether oxygens (including phenoxy) is 1. The summed E-state index contributed by atoms with van der Waals surface area (Å²) in [4.78, 5) is 37.1. The third-order valence-electron chi connectivity index (χ3n) is 5.53. The molecule has 1 fully saturated rings. The van der Waals surface area contributed by atoms with E-state index >= 15 is 0 Å². The van der Waals surface area contributed by atoms with E-state index in [1.54, 1.807) is 6.92 Å².